The molecule has 0 saturated carbocycles. The van der Waals surface area contributed by atoms with Crippen LogP contribution in [0.25, 0.3) is 0 Å². The predicted octanol–water partition coefficient (Wildman–Crippen LogP) is 1.08. The molecule has 2 aromatic heterocycles. The van der Waals surface area contributed by atoms with Gasteiger partial charge < -0.3 is 5.73 Å². The highest BCUT2D eigenvalue weighted by Gasteiger charge is 2.22. The number of nitrogens with two attached hydrogens (primary N) is 1. The third-order valence-electron chi connectivity index (χ3n) is 3.84. The van der Waals surface area contributed by atoms with E-state index in [1.807, 2.05) is 36.4 Å². The number of thiophene rings is 1. The number of nitrogens with zero attached hydrogens (tertiary/aromatic N) is 2. The first-order chi connectivity index (χ1) is 10.9. The number of likely N-dealkylation sites (N-methyl/N-ethyl adjacent to an activating group) is 1. The lowest BCUT2D eigenvalue weighted by atomic mass is 10.1. The number of rotatable bonds is 6. The third-order valence-corrected chi connectivity index (χ3v) is 4.89. The maximum atomic E-state index is 12.5. The van der Waals surface area contributed by atoms with Crippen LogP contribution in [0.1, 0.15) is 35.1 Å². The van der Waals surface area contributed by atoms with E-state index in [4.69, 9.17) is 5.73 Å². The minimum Gasteiger partial charge on any atom is -0.384 e. The highest BCUT2D eigenvalue weighted by molar-refractivity contribution is 7.10. The van der Waals surface area contributed by atoms with Crippen LogP contribution < -0.4 is 17.0 Å². The monoisotopic (exact) mass is 336 g/mol. The van der Waals surface area contributed by atoms with Gasteiger partial charge in [0.25, 0.3) is 5.56 Å². The van der Waals surface area contributed by atoms with Crippen molar-refractivity contribution in [3.05, 3.63) is 48.8 Å². The number of carbonyl (C=O) groups excluding carboxylic acids is 1. The lowest BCUT2D eigenvalue weighted by molar-refractivity contribution is 0.0924. The van der Waals surface area contributed by atoms with Crippen molar-refractivity contribution in [3.63, 3.8) is 0 Å². The van der Waals surface area contributed by atoms with Gasteiger partial charge in [-0.25, -0.2) is 4.79 Å². The summed E-state index contributed by atoms with van der Waals surface area (Å²) in [6, 6.07) is 3.98. The number of nitrogen functional groups attached to an aromatic ring is 1. The second-order valence-electron chi connectivity index (χ2n) is 5.29. The van der Waals surface area contributed by atoms with Crippen LogP contribution >= 0.6 is 11.3 Å². The minimum atomic E-state index is -0.737. The molecule has 23 heavy (non-hydrogen) atoms. The summed E-state index contributed by atoms with van der Waals surface area (Å²) in [5.41, 5.74) is 4.35. The lowest BCUT2D eigenvalue weighted by Crippen LogP contribution is -2.38. The van der Waals surface area contributed by atoms with Crippen molar-refractivity contribution in [3.8, 4) is 0 Å². The molecule has 0 aromatic carbocycles. The van der Waals surface area contributed by atoms with Gasteiger partial charge >= 0.3 is 5.69 Å². The van der Waals surface area contributed by atoms with Crippen molar-refractivity contribution in [2.75, 3.05) is 19.3 Å². The summed E-state index contributed by atoms with van der Waals surface area (Å²) >= 11 is 1.61. The van der Waals surface area contributed by atoms with Crippen LogP contribution in [0.4, 0.5) is 5.82 Å². The molecule has 0 fully saturated rings. The van der Waals surface area contributed by atoms with Gasteiger partial charge in [-0.1, -0.05) is 6.07 Å². The van der Waals surface area contributed by atoms with Gasteiger partial charge in [-0.2, -0.15) is 0 Å². The number of carbonyl (C=O) groups is 1. The predicted molar refractivity (Wildman–Crippen MR) is 91.1 cm³/mol. The summed E-state index contributed by atoms with van der Waals surface area (Å²) in [6.45, 7) is 4.02. The van der Waals surface area contributed by atoms with Crippen LogP contribution in [-0.2, 0) is 6.54 Å². The number of H-pyrrole nitrogens is 1. The van der Waals surface area contributed by atoms with E-state index in [1.165, 1.54) is 4.57 Å². The molecule has 7 nitrogen and oxygen atoms in total. The van der Waals surface area contributed by atoms with Gasteiger partial charge in [0.2, 0.25) is 0 Å². The van der Waals surface area contributed by atoms with Gasteiger partial charge in [0.15, 0.2) is 5.78 Å². The zero-order valence-corrected chi connectivity index (χ0v) is 14.1. The Morgan fingerprint density at radius 1 is 1.48 bits per heavy atom. The summed E-state index contributed by atoms with van der Waals surface area (Å²) in [4.78, 5) is 41.2. The lowest BCUT2D eigenvalue weighted by Gasteiger charge is -2.23. The molecule has 0 spiro atoms. The average Bonchev–Trinajstić information content (AvgIpc) is 3.00. The van der Waals surface area contributed by atoms with Crippen LogP contribution in [0, 0.1) is 0 Å². The molecule has 2 heterocycles. The van der Waals surface area contributed by atoms with Gasteiger partial charge in [0.05, 0.1) is 6.54 Å². The zero-order valence-electron chi connectivity index (χ0n) is 13.3. The normalized spacial score (nSPS) is 12.5. The number of nitrogens with one attached hydrogen (secondary N) is 1. The van der Waals surface area contributed by atoms with Crippen molar-refractivity contribution in [2.24, 2.45) is 0 Å². The Morgan fingerprint density at radius 3 is 2.74 bits per heavy atom. The molecule has 2 rings (SSSR count). The number of hydrogen-bond donors (Lipinski definition) is 2. The maximum Gasteiger partial charge on any atom is 0.329 e. The minimum absolute atomic E-state index is 0.0360. The molecule has 124 valence electrons. The van der Waals surface area contributed by atoms with E-state index < -0.39 is 17.0 Å². The van der Waals surface area contributed by atoms with E-state index in [9.17, 15) is 14.4 Å². The second-order valence-corrected chi connectivity index (χ2v) is 6.27. The van der Waals surface area contributed by atoms with Crippen LogP contribution in [-0.4, -0.2) is 33.8 Å². The SMILES string of the molecule is CCn1c(N)c(C(=O)CN(C)C(C)c2cccs2)c(=O)[nH]c1=O. The highest BCUT2D eigenvalue weighted by Crippen LogP contribution is 2.23. The number of aromatic nitrogens is 2. The van der Waals surface area contributed by atoms with Crippen molar-refractivity contribution >= 4 is 22.9 Å². The largest absolute Gasteiger partial charge is 0.384 e. The van der Waals surface area contributed by atoms with E-state index in [2.05, 4.69) is 4.98 Å². The summed E-state index contributed by atoms with van der Waals surface area (Å²) in [5.74, 6) is -0.486. The van der Waals surface area contributed by atoms with Gasteiger partial charge in [-0.3, -0.25) is 24.0 Å². The van der Waals surface area contributed by atoms with E-state index >= 15 is 0 Å². The molecule has 0 aliphatic rings. The van der Waals surface area contributed by atoms with Crippen molar-refractivity contribution in [1.29, 1.82) is 0 Å². The van der Waals surface area contributed by atoms with Gasteiger partial charge in [0, 0.05) is 17.5 Å². The molecule has 0 amide bonds. The maximum absolute atomic E-state index is 12.5. The number of aromatic amines is 1. The summed E-state index contributed by atoms with van der Waals surface area (Å²) in [5, 5.41) is 1.97. The van der Waals surface area contributed by atoms with Crippen LogP contribution in [0.2, 0.25) is 0 Å². The van der Waals surface area contributed by atoms with E-state index in [0.29, 0.717) is 0 Å². The Bertz CT molecular complexity index is 807. The van der Waals surface area contributed by atoms with Gasteiger partial charge in [0.1, 0.15) is 11.4 Å². The first-order valence-corrected chi connectivity index (χ1v) is 8.14. The molecule has 3 N–H and O–H groups in total. The fourth-order valence-electron chi connectivity index (χ4n) is 2.36. The third kappa shape index (κ3) is 3.43. The van der Waals surface area contributed by atoms with Crippen molar-refractivity contribution < 1.29 is 4.79 Å². The molecule has 8 heteroatoms. The van der Waals surface area contributed by atoms with E-state index in [0.717, 1.165) is 4.88 Å². The second kappa shape index (κ2) is 6.93. The molecule has 2 aromatic rings. The number of anilines is 1. The molecular formula is C15H20N4O3S. The molecule has 0 bridgehead atoms. The van der Waals surface area contributed by atoms with E-state index in [1.54, 1.807) is 18.3 Å². The number of ketones is 1. The Kier molecular flexibility index (Phi) is 5.17. The van der Waals surface area contributed by atoms with Crippen LogP contribution in [0.5, 0.6) is 0 Å². The van der Waals surface area contributed by atoms with Crippen molar-refractivity contribution in [1.82, 2.24) is 14.5 Å². The summed E-state index contributed by atoms with van der Waals surface area (Å²) < 4.78 is 1.18. The molecule has 1 atom stereocenters. The molecule has 1 unspecified atom stereocenters. The Labute approximate surface area is 137 Å². The molecule has 0 radical (unpaired) electrons. The fourth-order valence-corrected chi connectivity index (χ4v) is 3.21. The first-order valence-electron chi connectivity index (χ1n) is 7.26. The average molecular weight is 336 g/mol. The highest BCUT2D eigenvalue weighted by atomic mass is 32.1. The smallest absolute Gasteiger partial charge is 0.329 e. The quantitative estimate of drug-likeness (QED) is 0.769. The zero-order chi connectivity index (χ0) is 17.1. The van der Waals surface area contributed by atoms with Crippen LogP contribution in [0.15, 0.2) is 27.1 Å². The standard InChI is InChI=1S/C15H20N4O3S/c1-4-19-13(16)12(14(21)17-15(19)22)10(20)8-18(3)9(2)11-6-5-7-23-11/h5-7,9H,4,8,16H2,1-3H3,(H,17,21,22). The Balaban J connectivity index is 2.28. The van der Waals surface area contributed by atoms with Gasteiger partial charge in [-0.15, -0.1) is 11.3 Å². The van der Waals surface area contributed by atoms with Gasteiger partial charge in [-0.05, 0) is 32.3 Å². The Morgan fingerprint density at radius 2 is 2.17 bits per heavy atom. The summed E-state index contributed by atoms with van der Waals surface area (Å²) in [7, 11) is 1.81. The van der Waals surface area contributed by atoms with Crippen molar-refractivity contribution in [2.45, 2.75) is 26.4 Å². The number of Topliss-reactive ketones (excluding diaryl/α,β-unsaturated/α-hetero) is 1. The topological polar surface area (TPSA) is 101 Å². The molecule has 0 aliphatic heterocycles. The van der Waals surface area contributed by atoms with Crippen LogP contribution in [0.3, 0.4) is 0 Å². The molecule has 0 aliphatic carbocycles. The number of hydrogen-bond acceptors (Lipinski definition) is 6. The first kappa shape index (κ1) is 17.2. The van der Waals surface area contributed by atoms with E-state index in [-0.39, 0.29) is 30.5 Å². The summed E-state index contributed by atoms with van der Waals surface area (Å²) in [6.07, 6.45) is 0. The Hall–Kier alpha value is -2.19. The fraction of sp³-hybridized carbons (Fsp3) is 0.400. The molecular weight excluding hydrogens is 316 g/mol. The molecule has 0 saturated heterocycles.